The molecule has 0 spiro atoms. The predicted octanol–water partition coefficient (Wildman–Crippen LogP) is 3.23. The molecule has 0 unspecified atom stereocenters. The quantitative estimate of drug-likeness (QED) is 0.475. The Morgan fingerprint density at radius 1 is 1.33 bits per heavy atom. The van der Waals surface area contributed by atoms with E-state index in [-0.39, 0.29) is 5.69 Å². The van der Waals surface area contributed by atoms with Crippen molar-refractivity contribution in [2.45, 2.75) is 6.92 Å². The number of halogens is 1. The fourth-order valence-corrected chi connectivity index (χ4v) is 1.41. The van der Waals surface area contributed by atoms with Gasteiger partial charge in [-0.3, -0.25) is 10.1 Å². The molecule has 1 heterocycles. The van der Waals surface area contributed by atoms with Crippen LogP contribution in [-0.2, 0) is 0 Å². The van der Waals surface area contributed by atoms with Crippen molar-refractivity contribution in [2.75, 3.05) is 0 Å². The van der Waals surface area contributed by atoms with Crippen LogP contribution in [0, 0.1) is 23.0 Å². The lowest BCUT2D eigenvalue weighted by Crippen LogP contribution is -1.92. The summed E-state index contributed by atoms with van der Waals surface area (Å²) in [6.07, 6.45) is 1.25. The van der Waals surface area contributed by atoms with E-state index < -0.39 is 10.9 Å². The van der Waals surface area contributed by atoms with E-state index in [1.807, 2.05) is 0 Å². The molecule has 92 valence electrons. The van der Waals surface area contributed by atoms with E-state index in [0.717, 1.165) is 0 Å². The van der Waals surface area contributed by atoms with Crippen LogP contribution in [0.4, 0.5) is 10.1 Å². The Morgan fingerprint density at radius 3 is 2.67 bits per heavy atom. The molecule has 0 amide bonds. The molecule has 1 aromatic carbocycles. The van der Waals surface area contributed by atoms with Gasteiger partial charge in [0.1, 0.15) is 11.5 Å². The summed E-state index contributed by atoms with van der Waals surface area (Å²) in [6, 6.07) is 6.86. The van der Waals surface area contributed by atoms with E-state index in [1.165, 1.54) is 36.5 Å². The van der Waals surface area contributed by atoms with Crippen molar-refractivity contribution in [1.29, 1.82) is 0 Å². The van der Waals surface area contributed by atoms with Crippen molar-refractivity contribution in [1.82, 2.24) is 4.98 Å². The Morgan fingerprint density at radius 2 is 2.11 bits per heavy atom. The second kappa shape index (κ2) is 4.79. The first-order valence-corrected chi connectivity index (χ1v) is 5.11. The number of nitrogens with zero attached hydrogens (tertiary/aromatic N) is 2. The largest absolute Gasteiger partial charge is 0.455 e. The standard InChI is InChI=1S/C12H9FN2O3/c1-8-6-9(15(16)17)2-4-11(8)18-10-3-5-12(13)14-7-10/h2-7H,1H3. The Kier molecular flexibility index (Phi) is 3.18. The fourth-order valence-electron chi connectivity index (χ4n) is 1.41. The zero-order valence-corrected chi connectivity index (χ0v) is 9.46. The van der Waals surface area contributed by atoms with E-state index in [4.69, 9.17) is 4.74 Å². The maximum Gasteiger partial charge on any atom is 0.269 e. The molecule has 0 aliphatic carbocycles. The third-order valence-electron chi connectivity index (χ3n) is 2.30. The van der Waals surface area contributed by atoms with Gasteiger partial charge >= 0.3 is 0 Å². The van der Waals surface area contributed by atoms with Gasteiger partial charge in [-0.05, 0) is 30.7 Å². The highest BCUT2D eigenvalue weighted by Gasteiger charge is 2.09. The number of non-ortho nitro benzene ring substituents is 1. The molecular weight excluding hydrogens is 239 g/mol. The molecule has 0 N–H and O–H groups in total. The summed E-state index contributed by atoms with van der Waals surface area (Å²) in [5, 5.41) is 10.6. The predicted molar refractivity (Wildman–Crippen MR) is 62.1 cm³/mol. The van der Waals surface area contributed by atoms with E-state index >= 15 is 0 Å². The fraction of sp³-hybridized carbons (Fsp3) is 0.0833. The molecule has 2 rings (SSSR count). The summed E-state index contributed by atoms with van der Waals surface area (Å²) in [5.41, 5.74) is 0.616. The van der Waals surface area contributed by atoms with Gasteiger partial charge < -0.3 is 4.74 Å². The number of aryl methyl sites for hydroxylation is 1. The van der Waals surface area contributed by atoms with E-state index in [0.29, 0.717) is 17.1 Å². The number of benzene rings is 1. The van der Waals surface area contributed by atoms with E-state index in [2.05, 4.69) is 4.98 Å². The van der Waals surface area contributed by atoms with Crippen LogP contribution < -0.4 is 4.74 Å². The van der Waals surface area contributed by atoms with Crippen LogP contribution >= 0.6 is 0 Å². The minimum Gasteiger partial charge on any atom is -0.455 e. The third-order valence-corrected chi connectivity index (χ3v) is 2.30. The van der Waals surface area contributed by atoms with Crippen molar-refractivity contribution in [2.24, 2.45) is 0 Å². The average Bonchev–Trinajstić information content (AvgIpc) is 2.34. The molecule has 0 fully saturated rings. The topological polar surface area (TPSA) is 65.3 Å². The van der Waals surface area contributed by atoms with Gasteiger partial charge in [0.25, 0.3) is 5.69 Å². The van der Waals surface area contributed by atoms with E-state index in [9.17, 15) is 14.5 Å². The summed E-state index contributed by atoms with van der Waals surface area (Å²) in [7, 11) is 0. The smallest absolute Gasteiger partial charge is 0.269 e. The van der Waals surface area contributed by atoms with Crippen LogP contribution in [0.3, 0.4) is 0 Å². The monoisotopic (exact) mass is 248 g/mol. The number of nitro benzene ring substituents is 1. The number of pyridine rings is 1. The highest BCUT2D eigenvalue weighted by atomic mass is 19.1. The number of hydrogen-bond acceptors (Lipinski definition) is 4. The van der Waals surface area contributed by atoms with Crippen molar-refractivity contribution >= 4 is 5.69 Å². The highest BCUT2D eigenvalue weighted by molar-refractivity contribution is 5.44. The lowest BCUT2D eigenvalue weighted by atomic mass is 10.2. The zero-order valence-electron chi connectivity index (χ0n) is 9.46. The number of rotatable bonds is 3. The SMILES string of the molecule is Cc1cc([N+](=O)[O-])ccc1Oc1ccc(F)nc1. The Balaban J connectivity index is 2.24. The van der Waals surface area contributed by atoms with Gasteiger partial charge in [-0.25, -0.2) is 4.98 Å². The molecule has 18 heavy (non-hydrogen) atoms. The van der Waals surface area contributed by atoms with Gasteiger partial charge in [0.15, 0.2) is 0 Å². The summed E-state index contributed by atoms with van der Waals surface area (Å²) < 4.78 is 18.1. The van der Waals surface area contributed by atoms with Gasteiger partial charge in [0, 0.05) is 12.1 Å². The minimum atomic E-state index is -0.595. The summed E-state index contributed by atoms with van der Waals surface area (Å²) >= 11 is 0. The zero-order chi connectivity index (χ0) is 13.1. The molecule has 0 saturated carbocycles. The molecule has 0 bridgehead atoms. The van der Waals surface area contributed by atoms with Crippen molar-refractivity contribution in [3.63, 3.8) is 0 Å². The van der Waals surface area contributed by atoms with E-state index in [1.54, 1.807) is 6.92 Å². The molecule has 6 heteroatoms. The van der Waals surface area contributed by atoms with Crippen molar-refractivity contribution < 1.29 is 14.1 Å². The Labute approximate surface area is 102 Å². The van der Waals surface area contributed by atoms with Gasteiger partial charge in [-0.15, -0.1) is 0 Å². The number of ether oxygens (including phenoxy) is 1. The van der Waals surface area contributed by atoms with Crippen molar-refractivity contribution in [3.05, 3.63) is 58.2 Å². The van der Waals surface area contributed by atoms with Crippen LogP contribution in [0.1, 0.15) is 5.56 Å². The molecule has 0 aliphatic heterocycles. The molecule has 2 aromatic rings. The minimum absolute atomic E-state index is 0.00270. The molecule has 0 atom stereocenters. The van der Waals surface area contributed by atoms with Crippen LogP contribution in [0.2, 0.25) is 0 Å². The van der Waals surface area contributed by atoms with Gasteiger partial charge in [0.2, 0.25) is 5.95 Å². The Bertz CT molecular complexity index is 584. The molecule has 0 radical (unpaired) electrons. The first-order chi connectivity index (χ1) is 8.56. The normalized spacial score (nSPS) is 10.1. The third kappa shape index (κ3) is 2.60. The summed E-state index contributed by atoms with van der Waals surface area (Å²) in [6.45, 7) is 1.69. The second-order valence-corrected chi connectivity index (χ2v) is 3.63. The molecular formula is C12H9FN2O3. The number of nitro groups is 1. The van der Waals surface area contributed by atoms with Crippen LogP contribution in [-0.4, -0.2) is 9.91 Å². The van der Waals surface area contributed by atoms with Crippen LogP contribution in [0.15, 0.2) is 36.5 Å². The number of hydrogen-bond donors (Lipinski definition) is 0. The summed E-state index contributed by atoms with van der Waals surface area (Å²) in [4.78, 5) is 13.5. The molecule has 0 aliphatic rings. The first kappa shape index (κ1) is 12.0. The summed E-state index contributed by atoms with van der Waals surface area (Å²) in [5.74, 6) is 0.241. The van der Waals surface area contributed by atoms with Gasteiger partial charge in [0.05, 0.1) is 11.1 Å². The lowest BCUT2D eigenvalue weighted by Gasteiger charge is -2.07. The average molecular weight is 248 g/mol. The second-order valence-electron chi connectivity index (χ2n) is 3.63. The maximum atomic E-state index is 12.6. The number of aromatic nitrogens is 1. The first-order valence-electron chi connectivity index (χ1n) is 5.11. The maximum absolute atomic E-state index is 12.6. The molecule has 1 aromatic heterocycles. The van der Waals surface area contributed by atoms with Gasteiger partial charge in [-0.2, -0.15) is 4.39 Å². The van der Waals surface area contributed by atoms with Crippen LogP contribution in [0.5, 0.6) is 11.5 Å². The Hall–Kier alpha value is -2.50. The van der Waals surface area contributed by atoms with Gasteiger partial charge in [-0.1, -0.05) is 0 Å². The molecule has 0 saturated heterocycles. The lowest BCUT2D eigenvalue weighted by molar-refractivity contribution is -0.384. The molecule has 5 nitrogen and oxygen atoms in total. The van der Waals surface area contributed by atoms with Crippen molar-refractivity contribution in [3.8, 4) is 11.5 Å². The van der Waals surface area contributed by atoms with Crippen LogP contribution in [0.25, 0.3) is 0 Å². The highest BCUT2D eigenvalue weighted by Crippen LogP contribution is 2.27.